The van der Waals surface area contributed by atoms with Crippen LogP contribution in [0.5, 0.6) is 5.75 Å². The standard InChI is InChI=1S/C33H40N2O6S/c1-4-24-18-26(22-41-27-11-6-5-7-12-27)35(20-24)21-25-14-15-29(30(19-25)28-13-9-8-10-23(28)2)32(36)34-31(33(37)38)16-17-42(3,39)40/h5-15,19,24,26,31H,4,16-18,20-22H2,1-3H3,(H,34,36)(H,37,38)/t24-,26+,31-/m0/s1. The van der Waals surface area contributed by atoms with Crippen LogP contribution in [-0.4, -0.2) is 67.5 Å². The number of aliphatic carboxylic acids is 1. The van der Waals surface area contributed by atoms with Gasteiger partial charge in [-0.05, 0) is 72.2 Å². The zero-order chi connectivity index (χ0) is 30.3. The largest absolute Gasteiger partial charge is 0.492 e. The second kappa shape index (κ2) is 14.0. The lowest BCUT2D eigenvalue weighted by molar-refractivity contribution is -0.139. The molecular formula is C33H40N2O6S. The molecule has 3 aromatic rings. The average Bonchev–Trinajstić information content (AvgIpc) is 3.35. The Kier molecular flexibility index (Phi) is 10.4. The fourth-order valence-corrected chi connectivity index (χ4v) is 6.17. The third-order valence-corrected chi connectivity index (χ3v) is 8.88. The van der Waals surface area contributed by atoms with Gasteiger partial charge >= 0.3 is 5.97 Å². The normalized spacial score (nSPS) is 18.0. The number of nitrogens with zero attached hydrogens (tertiary/aromatic N) is 1. The van der Waals surface area contributed by atoms with Crippen molar-refractivity contribution in [2.75, 3.05) is 25.2 Å². The lowest BCUT2D eigenvalue weighted by Crippen LogP contribution is -2.42. The van der Waals surface area contributed by atoms with E-state index in [9.17, 15) is 23.1 Å². The minimum atomic E-state index is -3.39. The van der Waals surface area contributed by atoms with E-state index in [1.807, 2.05) is 73.7 Å². The Labute approximate surface area is 248 Å². The fraction of sp³-hybridized carbons (Fsp3) is 0.394. The molecule has 2 N–H and O–H groups in total. The molecule has 8 nitrogen and oxygen atoms in total. The minimum absolute atomic E-state index is 0.211. The SMILES string of the molecule is CC[C@H]1C[C@H](COc2ccccc2)N(Cc2ccc(C(=O)N[C@@H](CCS(C)(=O)=O)C(=O)O)c(-c3ccccc3C)c2)C1. The highest BCUT2D eigenvalue weighted by Crippen LogP contribution is 2.32. The second-order valence-electron chi connectivity index (χ2n) is 11.2. The number of carbonyl (C=O) groups is 2. The van der Waals surface area contributed by atoms with Crippen molar-refractivity contribution in [3.63, 3.8) is 0 Å². The zero-order valence-corrected chi connectivity index (χ0v) is 25.3. The number of carbonyl (C=O) groups excluding carboxylic acids is 1. The zero-order valence-electron chi connectivity index (χ0n) is 24.5. The topological polar surface area (TPSA) is 113 Å². The Morgan fingerprint density at radius 1 is 1.05 bits per heavy atom. The van der Waals surface area contributed by atoms with Crippen molar-refractivity contribution in [2.45, 2.75) is 51.7 Å². The number of carboxylic acid groups (broad SMARTS) is 1. The molecule has 3 atom stereocenters. The molecule has 0 saturated carbocycles. The van der Waals surface area contributed by atoms with Gasteiger partial charge in [-0.25, -0.2) is 13.2 Å². The van der Waals surface area contributed by atoms with Gasteiger partial charge < -0.3 is 15.2 Å². The first-order valence-electron chi connectivity index (χ1n) is 14.4. The Morgan fingerprint density at radius 3 is 2.43 bits per heavy atom. The van der Waals surface area contributed by atoms with Gasteiger partial charge in [-0.1, -0.05) is 61.9 Å². The number of hydrogen-bond donors (Lipinski definition) is 2. The van der Waals surface area contributed by atoms with Crippen LogP contribution in [0, 0.1) is 12.8 Å². The minimum Gasteiger partial charge on any atom is -0.492 e. The van der Waals surface area contributed by atoms with Crippen molar-refractivity contribution in [1.29, 1.82) is 0 Å². The molecule has 0 bridgehead atoms. The van der Waals surface area contributed by atoms with Crippen LogP contribution >= 0.6 is 0 Å². The molecule has 0 aromatic heterocycles. The quantitative estimate of drug-likeness (QED) is 0.289. The van der Waals surface area contributed by atoms with Crippen LogP contribution in [0.4, 0.5) is 0 Å². The monoisotopic (exact) mass is 592 g/mol. The van der Waals surface area contributed by atoms with Gasteiger partial charge in [0, 0.05) is 31.0 Å². The number of aryl methyl sites for hydroxylation is 1. The van der Waals surface area contributed by atoms with Gasteiger partial charge in [0.05, 0.1) is 5.75 Å². The van der Waals surface area contributed by atoms with Gasteiger partial charge in [0.25, 0.3) is 5.91 Å². The van der Waals surface area contributed by atoms with Crippen LogP contribution < -0.4 is 10.1 Å². The molecule has 3 aromatic carbocycles. The lowest BCUT2D eigenvalue weighted by Gasteiger charge is -2.25. The number of carboxylic acids is 1. The first-order valence-corrected chi connectivity index (χ1v) is 16.4. The summed E-state index contributed by atoms with van der Waals surface area (Å²) in [6.45, 7) is 6.43. The Balaban J connectivity index is 1.59. The van der Waals surface area contributed by atoms with Crippen molar-refractivity contribution in [1.82, 2.24) is 10.2 Å². The van der Waals surface area contributed by atoms with E-state index in [-0.39, 0.29) is 18.2 Å². The molecule has 0 spiro atoms. The molecule has 1 heterocycles. The summed E-state index contributed by atoms with van der Waals surface area (Å²) in [5.41, 5.74) is 3.95. The molecule has 4 rings (SSSR count). The van der Waals surface area contributed by atoms with E-state index in [0.717, 1.165) is 48.1 Å². The van der Waals surface area contributed by atoms with Gasteiger partial charge in [-0.2, -0.15) is 0 Å². The van der Waals surface area contributed by atoms with Crippen LogP contribution in [0.1, 0.15) is 47.7 Å². The van der Waals surface area contributed by atoms with Crippen molar-refractivity contribution < 1.29 is 27.9 Å². The molecule has 0 unspecified atom stereocenters. The molecule has 0 radical (unpaired) electrons. The van der Waals surface area contributed by atoms with Gasteiger partial charge in [-0.3, -0.25) is 9.69 Å². The van der Waals surface area contributed by atoms with Crippen LogP contribution in [0.25, 0.3) is 11.1 Å². The van der Waals surface area contributed by atoms with E-state index in [0.29, 0.717) is 30.2 Å². The molecule has 1 fully saturated rings. The van der Waals surface area contributed by atoms with Gasteiger partial charge in [0.1, 0.15) is 28.2 Å². The molecule has 42 heavy (non-hydrogen) atoms. The Morgan fingerprint density at radius 2 is 1.76 bits per heavy atom. The van der Waals surface area contributed by atoms with Crippen LogP contribution in [0.15, 0.2) is 72.8 Å². The third-order valence-electron chi connectivity index (χ3n) is 7.91. The van der Waals surface area contributed by atoms with Gasteiger partial charge in [0.15, 0.2) is 0 Å². The Bertz CT molecular complexity index is 1490. The number of amides is 1. The molecule has 0 aliphatic carbocycles. The summed E-state index contributed by atoms with van der Waals surface area (Å²) in [5.74, 6) is -0.732. The van der Waals surface area contributed by atoms with E-state index < -0.39 is 27.8 Å². The highest BCUT2D eigenvalue weighted by molar-refractivity contribution is 7.90. The number of nitrogens with one attached hydrogen (secondary N) is 1. The number of sulfone groups is 1. The van der Waals surface area contributed by atoms with Crippen molar-refractivity contribution in [2.24, 2.45) is 5.92 Å². The molecule has 1 amide bonds. The maximum absolute atomic E-state index is 13.4. The first kappa shape index (κ1) is 31.3. The van der Waals surface area contributed by atoms with Gasteiger partial charge in [0.2, 0.25) is 0 Å². The highest BCUT2D eigenvalue weighted by atomic mass is 32.2. The van der Waals surface area contributed by atoms with Crippen molar-refractivity contribution >= 4 is 21.7 Å². The van der Waals surface area contributed by atoms with E-state index in [2.05, 4.69) is 17.1 Å². The second-order valence-corrected chi connectivity index (χ2v) is 13.5. The van der Waals surface area contributed by atoms with Crippen LogP contribution in [0.2, 0.25) is 0 Å². The molecule has 9 heteroatoms. The predicted molar refractivity (Wildman–Crippen MR) is 164 cm³/mol. The molecular weight excluding hydrogens is 552 g/mol. The molecule has 1 saturated heterocycles. The van der Waals surface area contributed by atoms with Crippen LogP contribution in [0.3, 0.4) is 0 Å². The third kappa shape index (κ3) is 8.42. The number of para-hydroxylation sites is 1. The van der Waals surface area contributed by atoms with E-state index >= 15 is 0 Å². The summed E-state index contributed by atoms with van der Waals surface area (Å²) < 4.78 is 29.4. The predicted octanol–water partition coefficient (Wildman–Crippen LogP) is 4.96. The number of likely N-dealkylation sites (tertiary alicyclic amines) is 1. The van der Waals surface area contributed by atoms with E-state index in [4.69, 9.17) is 4.74 Å². The van der Waals surface area contributed by atoms with Crippen LogP contribution in [-0.2, 0) is 21.2 Å². The maximum Gasteiger partial charge on any atom is 0.326 e. The molecule has 224 valence electrons. The average molecular weight is 593 g/mol. The lowest BCUT2D eigenvalue weighted by atomic mass is 9.93. The number of benzene rings is 3. The summed E-state index contributed by atoms with van der Waals surface area (Å²) in [7, 11) is -3.39. The maximum atomic E-state index is 13.4. The summed E-state index contributed by atoms with van der Waals surface area (Å²) in [6.07, 6.45) is 2.98. The molecule has 1 aliphatic heterocycles. The number of hydrogen-bond acceptors (Lipinski definition) is 6. The van der Waals surface area contributed by atoms with E-state index in [1.54, 1.807) is 6.07 Å². The first-order chi connectivity index (χ1) is 20.0. The summed E-state index contributed by atoms with van der Waals surface area (Å²) in [5, 5.41) is 12.2. The van der Waals surface area contributed by atoms with E-state index in [1.165, 1.54) is 0 Å². The molecule has 1 aliphatic rings. The van der Waals surface area contributed by atoms with Crippen molar-refractivity contribution in [3.05, 3.63) is 89.5 Å². The highest BCUT2D eigenvalue weighted by Gasteiger charge is 2.32. The van der Waals surface area contributed by atoms with Gasteiger partial charge in [-0.15, -0.1) is 0 Å². The summed E-state index contributed by atoms with van der Waals surface area (Å²) in [6, 6.07) is 22.2. The fourth-order valence-electron chi connectivity index (χ4n) is 5.51. The number of ether oxygens (including phenoxy) is 1. The summed E-state index contributed by atoms with van der Waals surface area (Å²) in [4.78, 5) is 27.7. The smallest absolute Gasteiger partial charge is 0.326 e. The summed E-state index contributed by atoms with van der Waals surface area (Å²) >= 11 is 0. The Hall–Kier alpha value is -3.69. The number of rotatable bonds is 13. The van der Waals surface area contributed by atoms with Crippen molar-refractivity contribution in [3.8, 4) is 16.9 Å².